The van der Waals surface area contributed by atoms with E-state index in [1.807, 2.05) is 37.5 Å². The van der Waals surface area contributed by atoms with Gasteiger partial charge in [-0.3, -0.25) is 4.79 Å². The molecule has 2 aromatic rings. The molecule has 2 spiro atoms. The lowest BCUT2D eigenvalue weighted by molar-refractivity contribution is -0.274. The fourth-order valence-electron chi connectivity index (χ4n) is 9.39. The molecule has 6 atom stereocenters. The van der Waals surface area contributed by atoms with Crippen LogP contribution in [-0.4, -0.2) is 70.0 Å². The molecule has 7 heteroatoms. The van der Waals surface area contributed by atoms with Gasteiger partial charge in [-0.15, -0.1) is 0 Å². The van der Waals surface area contributed by atoms with Crippen molar-refractivity contribution in [2.45, 2.75) is 55.3 Å². The first-order chi connectivity index (χ1) is 18.9. The summed E-state index contributed by atoms with van der Waals surface area (Å²) in [5, 5.41) is 3.22. The van der Waals surface area contributed by atoms with E-state index in [9.17, 15) is 4.79 Å². The van der Waals surface area contributed by atoms with Gasteiger partial charge in [0.2, 0.25) is 5.91 Å². The number of piperidine rings is 1. The topological polar surface area (TPSA) is 69.3 Å². The van der Waals surface area contributed by atoms with Crippen molar-refractivity contribution in [1.29, 1.82) is 0 Å². The van der Waals surface area contributed by atoms with E-state index in [-0.39, 0.29) is 28.8 Å². The molecule has 4 aliphatic carbocycles. The van der Waals surface area contributed by atoms with Gasteiger partial charge in [0.05, 0.1) is 14.2 Å². The van der Waals surface area contributed by atoms with Gasteiger partial charge in [-0.25, -0.2) is 0 Å². The maximum Gasteiger partial charge on any atom is 0.244 e. The lowest BCUT2D eigenvalue weighted by Gasteiger charge is -2.73. The lowest BCUT2D eigenvalue weighted by atomic mass is 9.35. The summed E-state index contributed by atoms with van der Waals surface area (Å²) in [5.74, 6) is 2.62. The Labute approximate surface area is 230 Å². The molecule has 6 aliphatic rings. The molecule has 7 nitrogen and oxygen atoms in total. The van der Waals surface area contributed by atoms with Gasteiger partial charge < -0.3 is 29.2 Å². The van der Waals surface area contributed by atoms with E-state index in [0.717, 1.165) is 61.5 Å². The largest absolute Gasteiger partial charge is 0.497 e. The zero-order valence-electron chi connectivity index (χ0n) is 23.3. The van der Waals surface area contributed by atoms with E-state index >= 15 is 0 Å². The Bertz CT molecular complexity index is 1340. The maximum atomic E-state index is 13.0. The normalized spacial score (nSPS) is 35.4. The van der Waals surface area contributed by atoms with Gasteiger partial charge in [-0.05, 0) is 81.1 Å². The van der Waals surface area contributed by atoms with Crippen LogP contribution in [0.25, 0.3) is 6.08 Å². The average Bonchev–Trinajstić information content (AvgIpc) is 3.34. The van der Waals surface area contributed by atoms with E-state index < -0.39 is 5.60 Å². The number of benzene rings is 2. The maximum absolute atomic E-state index is 13.0. The minimum atomic E-state index is -0.464. The zero-order valence-corrected chi connectivity index (χ0v) is 23.3. The van der Waals surface area contributed by atoms with E-state index in [4.69, 9.17) is 18.9 Å². The number of methoxy groups -OCH3 is 3. The zero-order chi connectivity index (χ0) is 27.0. The molecule has 4 bridgehead atoms. The van der Waals surface area contributed by atoms with Crippen molar-refractivity contribution in [3.8, 4) is 17.2 Å². The summed E-state index contributed by atoms with van der Waals surface area (Å²) < 4.78 is 24.6. The van der Waals surface area contributed by atoms with Crippen molar-refractivity contribution < 1.29 is 23.7 Å². The first-order valence-corrected chi connectivity index (χ1v) is 14.1. The monoisotopic (exact) mass is 530 g/mol. The number of ether oxygens (including phenoxy) is 4. The van der Waals surface area contributed by atoms with Crippen molar-refractivity contribution in [2.75, 3.05) is 41.5 Å². The van der Waals surface area contributed by atoms with Crippen LogP contribution in [0.2, 0.25) is 0 Å². The summed E-state index contributed by atoms with van der Waals surface area (Å²) in [6, 6.07) is 12.5. The fraction of sp³-hybridized carbons (Fsp3) is 0.531. The van der Waals surface area contributed by atoms with E-state index in [1.54, 1.807) is 20.3 Å². The van der Waals surface area contributed by atoms with Crippen LogP contribution < -0.4 is 19.5 Å². The van der Waals surface area contributed by atoms with Crippen LogP contribution >= 0.6 is 0 Å². The number of carbonyl (C=O) groups excluding carboxylic acids is 1. The highest BCUT2D eigenvalue weighted by Crippen LogP contribution is 2.76. The van der Waals surface area contributed by atoms with Gasteiger partial charge in [-0.1, -0.05) is 18.2 Å². The molecule has 1 saturated heterocycles. The number of fused-ring (bicyclic) bond motifs is 2. The van der Waals surface area contributed by atoms with Gasteiger partial charge in [0.1, 0.15) is 17.5 Å². The van der Waals surface area contributed by atoms with Crippen molar-refractivity contribution in [3.63, 3.8) is 0 Å². The second-order valence-electron chi connectivity index (χ2n) is 12.1. The molecular weight excluding hydrogens is 492 g/mol. The minimum Gasteiger partial charge on any atom is -0.497 e. The molecule has 0 radical (unpaired) electrons. The highest BCUT2D eigenvalue weighted by molar-refractivity contribution is 5.91. The van der Waals surface area contributed by atoms with Gasteiger partial charge in [0.25, 0.3) is 0 Å². The van der Waals surface area contributed by atoms with Crippen molar-refractivity contribution in [1.82, 2.24) is 10.2 Å². The summed E-state index contributed by atoms with van der Waals surface area (Å²) in [4.78, 5) is 15.5. The summed E-state index contributed by atoms with van der Waals surface area (Å²) in [6.07, 6.45) is 8.54. The quantitative estimate of drug-likeness (QED) is 0.547. The Hall–Kier alpha value is -3.03. The SMILES string of the molecule is COc1ccc(/C=C/C(=O)NC[C@H]2C[C@@]34CC[C@]2(OC)[C@@H]2Oc5c(OC)ccc6c5[C@@]23CCN(C)[C@@H]4C6)cc1. The molecule has 8 rings (SSSR count). The smallest absolute Gasteiger partial charge is 0.244 e. The molecule has 2 aromatic carbocycles. The molecule has 2 heterocycles. The molecule has 0 unspecified atom stereocenters. The number of hydrogen-bond donors (Lipinski definition) is 1. The van der Waals surface area contributed by atoms with Crippen LogP contribution in [0.15, 0.2) is 42.5 Å². The fourth-order valence-corrected chi connectivity index (χ4v) is 9.39. The van der Waals surface area contributed by atoms with Gasteiger partial charge in [0.15, 0.2) is 11.5 Å². The van der Waals surface area contributed by atoms with E-state index in [2.05, 4.69) is 29.4 Å². The highest BCUT2D eigenvalue weighted by atomic mass is 16.6. The number of nitrogens with zero attached hydrogens (tertiary/aromatic N) is 1. The van der Waals surface area contributed by atoms with Crippen molar-refractivity contribution in [3.05, 3.63) is 59.2 Å². The van der Waals surface area contributed by atoms with Crippen LogP contribution in [-0.2, 0) is 21.4 Å². The Morgan fingerprint density at radius 1 is 1.10 bits per heavy atom. The predicted octanol–water partition coefficient (Wildman–Crippen LogP) is 3.98. The molecule has 2 aliphatic heterocycles. The van der Waals surface area contributed by atoms with Gasteiger partial charge >= 0.3 is 0 Å². The Morgan fingerprint density at radius 3 is 2.67 bits per heavy atom. The number of likely N-dealkylation sites (tertiary alicyclic amines) is 1. The second kappa shape index (κ2) is 8.73. The van der Waals surface area contributed by atoms with E-state index in [1.165, 1.54) is 11.1 Å². The predicted molar refractivity (Wildman–Crippen MR) is 148 cm³/mol. The molecule has 4 fully saturated rings. The van der Waals surface area contributed by atoms with Crippen molar-refractivity contribution >= 4 is 12.0 Å². The van der Waals surface area contributed by atoms with E-state index in [0.29, 0.717) is 12.6 Å². The number of hydrogen-bond acceptors (Lipinski definition) is 6. The third-order valence-corrected chi connectivity index (χ3v) is 11.0. The standard InChI is InChI=1S/C32H38N2O5/c1-34-16-15-31-27-21-8-11-24(37-3)28(27)39-29(31)32(38-4)14-13-30(31,25(34)17-21)18-22(32)19-33-26(35)12-7-20-5-9-23(36-2)10-6-20/h5-12,22,25,29H,13-19H2,1-4H3,(H,33,35)/b12-7+/t22-,25-,29-,30-,31+,32-/m1/s1. The Kier molecular flexibility index (Phi) is 5.59. The van der Waals surface area contributed by atoms with Crippen LogP contribution in [0.1, 0.15) is 42.4 Å². The third kappa shape index (κ3) is 3.14. The van der Waals surface area contributed by atoms with Crippen molar-refractivity contribution in [2.24, 2.45) is 11.3 Å². The molecule has 206 valence electrons. The molecule has 0 aromatic heterocycles. The number of likely N-dealkylation sites (N-methyl/N-ethyl adjacent to an activating group) is 1. The van der Waals surface area contributed by atoms with Crippen LogP contribution in [0.5, 0.6) is 17.2 Å². The molecular formula is C32H38N2O5. The Morgan fingerprint density at radius 2 is 1.92 bits per heavy atom. The Balaban J connectivity index is 1.21. The third-order valence-electron chi connectivity index (χ3n) is 11.0. The van der Waals surface area contributed by atoms with Crippen LogP contribution in [0.3, 0.4) is 0 Å². The first-order valence-electron chi connectivity index (χ1n) is 14.1. The number of carbonyl (C=O) groups is 1. The van der Waals surface area contributed by atoms with Gasteiger partial charge in [-0.2, -0.15) is 0 Å². The lowest BCUT2D eigenvalue weighted by Crippen LogP contribution is -2.81. The van der Waals surface area contributed by atoms with Crippen LogP contribution in [0.4, 0.5) is 0 Å². The first kappa shape index (κ1) is 25.0. The number of rotatable bonds is 7. The molecule has 3 saturated carbocycles. The summed E-state index contributed by atoms with van der Waals surface area (Å²) in [6.45, 7) is 1.62. The highest BCUT2D eigenvalue weighted by Gasteiger charge is 2.80. The molecule has 1 N–H and O–H groups in total. The number of amides is 1. The summed E-state index contributed by atoms with van der Waals surface area (Å²) in [7, 11) is 7.51. The summed E-state index contributed by atoms with van der Waals surface area (Å²) >= 11 is 0. The van der Waals surface area contributed by atoms with Crippen LogP contribution in [0, 0.1) is 11.3 Å². The minimum absolute atomic E-state index is 0.0787. The molecule has 39 heavy (non-hydrogen) atoms. The molecule has 1 amide bonds. The second-order valence-corrected chi connectivity index (χ2v) is 12.1. The van der Waals surface area contributed by atoms with Gasteiger partial charge in [0, 0.05) is 48.1 Å². The average molecular weight is 531 g/mol. The summed E-state index contributed by atoms with van der Waals surface area (Å²) in [5.41, 5.74) is 3.30. The number of nitrogens with one attached hydrogen (secondary N) is 1.